The molecule has 0 spiro atoms. The summed E-state index contributed by atoms with van der Waals surface area (Å²) in [6, 6.07) is 15.2. The van der Waals surface area contributed by atoms with Crippen molar-refractivity contribution in [2.75, 3.05) is 0 Å². The van der Waals surface area contributed by atoms with Crippen LogP contribution in [0.2, 0.25) is 0 Å². The third kappa shape index (κ3) is 2.69. The van der Waals surface area contributed by atoms with Crippen molar-refractivity contribution in [1.82, 2.24) is 0 Å². The highest BCUT2D eigenvalue weighted by molar-refractivity contribution is 6.15. The molecule has 0 atom stereocenters. The van der Waals surface area contributed by atoms with Crippen LogP contribution >= 0.6 is 0 Å². The van der Waals surface area contributed by atoms with E-state index in [1.165, 1.54) is 12.1 Å². The molecule has 5 nitrogen and oxygen atoms in total. The molecule has 1 aliphatic rings. The number of ketones is 1. The highest BCUT2D eigenvalue weighted by atomic mass is 16.4. The number of hydrogen-bond acceptors (Lipinski definition) is 4. The van der Waals surface area contributed by atoms with Crippen molar-refractivity contribution in [3.8, 4) is 17.1 Å². The lowest BCUT2D eigenvalue weighted by atomic mass is 10.1. The van der Waals surface area contributed by atoms with Crippen LogP contribution in [0.15, 0.2) is 64.6 Å². The summed E-state index contributed by atoms with van der Waals surface area (Å²) in [7, 11) is 0. The van der Waals surface area contributed by atoms with Crippen molar-refractivity contribution in [3.63, 3.8) is 0 Å². The summed E-state index contributed by atoms with van der Waals surface area (Å²) in [5.41, 5.74) is 2.71. The van der Waals surface area contributed by atoms with Gasteiger partial charge in [-0.15, -0.1) is 0 Å². The van der Waals surface area contributed by atoms with Gasteiger partial charge in [0.2, 0.25) is 0 Å². The Morgan fingerprint density at radius 3 is 2.65 bits per heavy atom. The Labute approximate surface area is 148 Å². The normalized spacial score (nSPS) is 14.6. The topological polar surface area (TPSA) is 87.7 Å². The fourth-order valence-corrected chi connectivity index (χ4v) is 3.09. The second-order valence-corrected chi connectivity index (χ2v) is 6.07. The largest absolute Gasteiger partial charge is 0.507 e. The van der Waals surface area contributed by atoms with E-state index < -0.39 is 5.97 Å². The molecule has 0 amide bonds. The van der Waals surface area contributed by atoms with Gasteiger partial charge in [-0.1, -0.05) is 24.3 Å². The lowest BCUT2D eigenvalue weighted by Crippen LogP contribution is -1.96. The standard InChI is InChI=1S/C21H14O5/c22-18-7-5-13(11-17(18)21(24)25)19-8-6-15(26-19)10-14-9-12-3-1-2-4-16(12)20(14)23/h1-8,10-11,22H,9H2,(H,24,25). The molecule has 2 N–H and O–H groups in total. The maximum absolute atomic E-state index is 12.4. The number of phenols is 1. The molecule has 3 aromatic rings. The zero-order chi connectivity index (χ0) is 18.3. The van der Waals surface area contributed by atoms with Crippen LogP contribution in [0.1, 0.15) is 32.0 Å². The van der Waals surface area contributed by atoms with Crippen LogP contribution in [0.25, 0.3) is 17.4 Å². The fraction of sp³-hybridized carbons (Fsp3) is 0.0476. The predicted molar refractivity (Wildman–Crippen MR) is 95.2 cm³/mol. The molecule has 0 fully saturated rings. The first-order chi connectivity index (χ1) is 12.5. The Bertz CT molecular complexity index is 1070. The van der Waals surface area contributed by atoms with E-state index in [0.717, 1.165) is 11.1 Å². The maximum atomic E-state index is 12.4. The second-order valence-electron chi connectivity index (χ2n) is 6.07. The summed E-state index contributed by atoms with van der Waals surface area (Å²) in [4.78, 5) is 23.6. The Morgan fingerprint density at radius 1 is 1.08 bits per heavy atom. The first kappa shape index (κ1) is 15.9. The number of benzene rings is 2. The predicted octanol–water partition coefficient (Wildman–Crippen LogP) is 4.17. The third-order valence-electron chi connectivity index (χ3n) is 4.39. The number of carboxylic acids is 1. The average molecular weight is 346 g/mol. The smallest absolute Gasteiger partial charge is 0.339 e. The van der Waals surface area contributed by atoms with Crippen molar-refractivity contribution in [2.45, 2.75) is 6.42 Å². The first-order valence-electron chi connectivity index (χ1n) is 8.02. The fourth-order valence-electron chi connectivity index (χ4n) is 3.09. The minimum Gasteiger partial charge on any atom is -0.507 e. The summed E-state index contributed by atoms with van der Waals surface area (Å²) >= 11 is 0. The minimum absolute atomic E-state index is 0.00338. The summed E-state index contributed by atoms with van der Waals surface area (Å²) in [5.74, 6) is -0.545. The zero-order valence-electron chi connectivity index (χ0n) is 13.6. The van der Waals surface area contributed by atoms with Crippen molar-refractivity contribution in [3.05, 3.63) is 82.6 Å². The number of rotatable bonds is 3. The van der Waals surface area contributed by atoms with Gasteiger partial charge in [0, 0.05) is 23.1 Å². The van der Waals surface area contributed by atoms with Gasteiger partial charge in [0.1, 0.15) is 22.8 Å². The molecule has 26 heavy (non-hydrogen) atoms. The Kier molecular flexibility index (Phi) is 3.69. The summed E-state index contributed by atoms with van der Waals surface area (Å²) < 4.78 is 5.75. The summed E-state index contributed by atoms with van der Waals surface area (Å²) in [6.45, 7) is 0. The molecule has 0 bridgehead atoms. The van der Waals surface area contributed by atoms with E-state index in [1.807, 2.05) is 24.3 Å². The van der Waals surface area contributed by atoms with E-state index in [0.29, 0.717) is 29.1 Å². The molecule has 1 heterocycles. The number of aromatic hydroxyl groups is 1. The highest BCUT2D eigenvalue weighted by Gasteiger charge is 2.24. The third-order valence-corrected chi connectivity index (χ3v) is 4.39. The van der Waals surface area contributed by atoms with Gasteiger partial charge in [-0.2, -0.15) is 0 Å². The van der Waals surface area contributed by atoms with Gasteiger partial charge in [-0.3, -0.25) is 4.79 Å². The van der Waals surface area contributed by atoms with Crippen LogP contribution < -0.4 is 0 Å². The van der Waals surface area contributed by atoms with Gasteiger partial charge in [-0.25, -0.2) is 4.79 Å². The average Bonchev–Trinajstić information content (AvgIpc) is 3.21. The number of carbonyl (C=O) groups excluding carboxylic acids is 1. The van der Waals surface area contributed by atoms with E-state index in [2.05, 4.69) is 0 Å². The summed E-state index contributed by atoms with van der Waals surface area (Å²) in [6.07, 6.45) is 2.28. The monoisotopic (exact) mass is 346 g/mol. The number of Topliss-reactive ketones (excluding diaryl/α,β-unsaturated/α-hetero) is 1. The zero-order valence-corrected chi connectivity index (χ0v) is 13.6. The molecule has 4 rings (SSSR count). The first-order valence-corrected chi connectivity index (χ1v) is 8.02. The van der Waals surface area contributed by atoms with Crippen LogP contribution in [0.5, 0.6) is 5.75 Å². The number of furan rings is 1. The molecular weight excluding hydrogens is 332 g/mol. The SMILES string of the molecule is O=C(O)c1cc(-c2ccc(C=C3Cc4ccccc4C3=O)o2)ccc1O. The molecule has 5 heteroatoms. The lowest BCUT2D eigenvalue weighted by molar-refractivity contribution is 0.0693. The molecular formula is C21H14O5. The number of carbonyl (C=O) groups is 2. The van der Waals surface area contributed by atoms with Crippen LogP contribution in [-0.2, 0) is 6.42 Å². The van der Waals surface area contributed by atoms with Crippen LogP contribution in [0, 0.1) is 0 Å². The number of hydrogen-bond donors (Lipinski definition) is 2. The molecule has 0 unspecified atom stereocenters. The maximum Gasteiger partial charge on any atom is 0.339 e. The van der Waals surface area contributed by atoms with Crippen molar-refractivity contribution in [2.24, 2.45) is 0 Å². The quantitative estimate of drug-likeness (QED) is 0.695. The molecule has 0 radical (unpaired) electrons. The molecule has 1 aromatic heterocycles. The van der Waals surface area contributed by atoms with Gasteiger partial charge in [0.25, 0.3) is 0 Å². The molecule has 0 aliphatic heterocycles. The van der Waals surface area contributed by atoms with Crippen molar-refractivity contribution >= 4 is 17.8 Å². The van der Waals surface area contributed by atoms with Gasteiger partial charge in [0.05, 0.1) is 0 Å². The second kappa shape index (κ2) is 6.04. The molecule has 1 aliphatic carbocycles. The Balaban J connectivity index is 1.65. The summed E-state index contributed by atoms with van der Waals surface area (Å²) in [5, 5.41) is 18.7. The number of fused-ring (bicyclic) bond motifs is 1. The molecule has 128 valence electrons. The molecule has 0 saturated carbocycles. The number of aromatic carboxylic acids is 1. The van der Waals surface area contributed by atoms with Gasteiger partial charge >= 0.3 is 5.97 Å². The number of allylic oxidation sites excluding steroid dienone is 1. The van der Waals surface area contributed by atoms with Gasteiger partial charge < -0.3 is 14.6 Å². The molecule has 0 saturated heterocycles. The lowest BCUT2D eigenvalue weighted by Gasteiger charge is -2.02. The highest BCUT2D eigenvalue weighted by Crippen LogP contribution is 2.31. The molecule has 2 aromatic carbocycles. The van der Waals surface area contributed by atoms with Crippen LogP contribution in [-0.4, -0.2) is 22.0 Å². The van der Waals surface area contributed by atoms with Crippen molar-refractivity contribution < 1.29 is 24.2 Å². The number of carboxylic acid groups (broad SMARTS) is 1. The van der Waals surface area contributed by atoms with E-state index in [-0.39, 0.29) is 17.1 Å². The van der Waals surface area contributed by atoms with Gasteiger partial charge in [0.15, 0.2) is 5.78 Å². The van der Waals surface area contributed by atoms with Crippen molar-refractivity contribution in [1.29, 1.82) is 0 Å². The van der Waals surface area contributed by atoms with Crippen LogP contribution in [0.3, 0.4) is 0 Å². The van der Waals surface area contributed by atoms with Crippen LogP contribution in [0.4, 0.5) is 0 Å². The van der Waals surface area contributed by atoms with E-state index in [4.69, 9.17) is 9.52 Å². The van der Waals surface area contributed by atoms with Gasteiger partial charge in [-0.05, 0) is 42.0 Å². The minimum atomic E-state index is -1.22. The Hall–Kier alpha value is -3.60. The Morgan fingerprint density at radius 2 is 1.88 bits per heavy atom. The van der Waals surface area contributed by atoms with E-state index >= 15 is 0 Å². The van der Waals surface area contributed by atoms with E-state index in [9.17, 15) is 14.7 Å². The van der Waals surface area contributed by atoms with E-state index in [1.54, 1.807) is 24.3 Å².